The zero-order valence-electron chi connectivity index (χ0n) is 13.9. The third-order valence-electron chi connectivity index (χ3n) is 3.71. The molecule has 0 bridgehead atoms. The number of nitrogens with zero attached hydrogens (tertiary/aromatic N) is 1. The van der Waals surface area contributed by atoms with Gasteiger partial charge in [-0.1, -0.05) is 12.1 Å². The van der Waals surface area contributed by atoms with E-state index < -0.39 is 28.0 Å². The van der Waals surface area contributed by atoms with Gasteiger partial charge in [-0.25, -0.2) is 17.5 Å². The van der Waals surface area contributed by atoms with Crippen molar-refractivity contribution in [2.75, 3.05) is 14.1 Å². The fraction of sp³-hybridized carbons (Fsp3) is 0.400. The van der Waals surface area contributed by atoms with Crippen molar-refractivity contribution in [3.8, 4) is 0 Å². The van der Waals surface area contributed by atoms with Crippen LogP contribution in [0, 0.1) is 0 Å². The van der Waals surface area contributed by atoms with Crippen molar-refractivity contribution in [2.45, 2.75) is 30.3 Å². The van der Waals surface area contributed by atoms with Crippen LogP contribution >= 0.6 is 0 Å². The highest BCUT2D eigenvalue weighted by molar-refractivity contribution is 7.89. The summed E-state index contributed by atoms with van der Waals surface area (Å²) in [6.07, 6.45) is 0.300. The van der Waals surface area contributed by atoms with Gasteiger partial charge in [-0.3, -0.25) is 14.9 Å². The minimum absolute atomic E-state index is 0.0887. The number of hydrogen-bond donors (Lipinski definition) is 3. The largest absolute Gasteiger partial charge is 0.352 e. The van der Waals surface area contributed by atoms with Crippen LogP contribution in [-0.2, 0) is 26.2 Å². The summed E-state index contributed by atoms with van der Waals surface area (Å²) in [6.45, 7) is 0.240. The van der Waals surface area contributed by atoms with E-state index in [4.69, 9.17) is 0 Å². The summed E-state index contributed by atoms with van der Waals surface area (Å²) in [4.78, 5) is 34.3. The maximum absolute atomic E-state index is 12.0. The first-order valence-corrected chi connectivity index (χ1v) is 9.03. The lowest BCUT2D eigenvalue weighted by molar-refractivity contribution is -0.122. The minimum Gasteiger partial charge on any atom is -0.352 e. The molecule has 0 radical (unpaired) electrons. The molecule has 136 valence electrons. The van der Waals surface area contributed by atoms with Gasteiger partial charge in [0, 0.05) is 27.1 Å². The molecule has 1 aliphatic heterocycles. The number of amides is 4. The second kappa shape index (κ2) is 7.62. The molecule has 10 heteroatoms. The van der Waals surface area contributed by atoms with Crippen LogP contribution in [-0.4, -0.2) is 50.7 Å². The zero-order chi connectivity index (χ0) is 18.6. The first kappa shape index (κ1) is 18.9. The second-order valence-corrected chi connectivity index (χ2v) is 7.91. The Hall–Kier alpha value is -2.46. The van der Waals surface area contributed by atoms with Crippen LogP contribution < -0.4 is 16.0 Å². The van der Waals surface area contributed by atoms with E-state index in [9.17, 15) is 22.8 Å². The SMILES string of the molecule is CN(C)S(=O)(=O)c1ccc(CNC(=O)CCC2NC(=O)NC2=O)cc1. The monoisotopic (exact) mass is 368 g/mol. The molecule has 0 aromatic heterocycles. The average Bonchev–Trinajstić information content (AvgIpc) is 2.88. The molecule has 25 heavy (non-hydrogen) atoms. The molecule has 3 N–H and O–H groups in total. The topological polar surface area (TPSA) is 125 Å². The average molecular weight is 368 g/mol. The van der Waals surface area contributed by atoms with Gasteiger partial charge in [0.25, 0.3) is 5.91 Å². The Morgan fingerprint density at radius 3 is 2.36 bits per heavy atom. The highest BCUT2D eigenvalue weighted by atomic mass is 32.2. The summed E-state index contributed by atoms with van der Waals surface area (Å²) in [7, 11) is -0.569. The molecule has 0 aliphatic carbocycles. The molecule has 0 saturated carbocycles. The van der Waals surface area contributed by atoms with Crippen LogP contribution in [0.1, 0.15) is 18.4 Å². The van der Waals surface area contributed by atoms with Gasteiger partial charge in [0.2, 0.25) is 15.9 Å². The van der Waals surface area contributed by atoms with Gasteiger partial charge in [0.05, 0.1) is 4.90 Å². The van der Waals surface area contributed by atoms with E-state index in [1.807, 2.05) is 0 Å². The lowest BCUT2D eigenvalue weighted by Gasteiger charge is -2.12. The molecule has 1 fully saturated rings. The Balaban J connectivity index is 1.82. The van der Waals surface area contributed by atoms with Crippen molar-refractivity contribution in [2.24, 2.45) is 0 Å². The van der Waals surface area contributed by atoms with E-state index in [2.05, 4.69) is 16.0 Å². The van der Waals surface area contributed by atoms with Gasteiger partial charge < -0.3 is 10.6 Å². The van der Waals surface area contributed by atoms with Crippen LogP contribution in [0.15, 0.2) is 29.2 Å². The first-order chi connectivity index (χ1) is 11.7. The Morgan fingerprint density at radius 2 is 1.84 bits per heavy atom. The second-order valence-electron chi connectivity index (χ2n) is 5.76. The third-order valence-corrected chi connectivity index (χ3v) is 5.54. The molecule has 1 aromatic carbocycles. The minimum atomic E-state index is -3.48. The molecular weight excluding hydrogens is 348 g/mol. The van der Waals surface area contributed by atoms with Crippen molar-refractivity contribution in [1.82, 2.24) is 20.3 Å². The smallest absolute Gasteiger partial charge is 0.322 e. The number of rotatable bonds is 7. The summed E-state index contributed by atoms with van der Waals surface area (Å²) in [5, 5.41) is 7.21. The fourth-order valence-corrected chi connectivity index (χ4v) is 3.12. The highest BCUT2D eigenvalue weighted by Crippen LogP contribution is 2.14. The summed E-state index contributed by atoms with van der Waals surface area (Å²) in [6, 6.07) is 4.98. The Labute approximate surface area is 145 Å². The van der Waals surface area contributed by atoms with Crippen LogP contribution in [0.2, 0.25) is 0 Å². The van der Waals surface area contributed by atoms with E-state index in [-0.39, 0.29) is 30.2 Å². The molecule has 1 saturated heterocycles. The molecule has 1 aromatic rings. The van der Waals surface area contributed by atoms with Crippen molar-refractivity contribution in [3.63, 3.8) is 0 Å². The number of nitrogens with one attached hydrogen (secondary N) is 3. The first-order valence-electron chi connectivity index (χ1n) is 7.59. The number of sulfonamides is 1. The number of imide groups is 1. The molecule has 2 rings (SSSR count). The number of benzene rings is 1. The van der Waals surface area contributed by atoms with Gasteiger partial charge in [-0.05, 0) is 24.1 Å². The van der Waals surface area contributed by atoms with Crippen LogP contribution in [0.25, 0.3) is 0 Å². The predicted octanol–water partition coefficient (Wildman–Crippen LogP) is -0.459. The molecule has 9 nitrogen and oxygen atoms in total. The predicted molar refractivity (Wildman–Crippen MR) is 88.9 cm³/mol. The number of carbonyl (C=O) groups is 3. The van der Waals surface area contributed by atoms with Gasteiger partial charge >= 0.3 is 6.03 Å². The van der Waals surface area contributed by atoms with Crippen LogP contribution in [0.3, 0.4) is 0 Å². The van der Waals surface area contributed by atoms with E-state index in [1.165, 1.54) is 26.2 Å². The van der Waals surface area contributed by atoms with Crippen LogP contribution in [0.4, 0.5) is 4.79 Å². The molecular formula is C15H20N4O5S. The molecule has 1 aliphatic rings. The number of urea groups is 1. The molecule has 1 unspecified atom stereocenters. The molecule has 4 amide bonds. The van der Waals surface area contributed by atoms with Gasteiger partial charge in [0.1, 0.15) is 6.04 Å². The molecule has 1 atom stereocenters. The lowest BCUT2D eigenvalue weighted by Crippen LogP contribution is -2.31. The summed E-state index contributed by atoms with van der Waals surface area (Å²) < 4.78 is 25.1. The summed E-state index contributed by atoms with van der Waals surface area (Å²) in [5.74, 6) is -0.700. The van der Waals surface area contributed by atoms with Crippen molar-refractivity contribution < 1.29 is 22.8 Å². The van der Waals surface area contributed by atoms with Crippen LogP contribution in [0.5, 0.6) is 0 Å². The number of hydrogen-bond acceptors (Lipinski definition) is 5. The Kier molecular flexibility index (Phi) is 5.75. The standard InChI is InChI=1S/C15H20N4O5S/c1-19(2)25(23,24)11-5-3-10(4-6-11)9-16-13(20)8-7-12-14(21)18-15(22)17-12/h3-6,12H,7-9H2,1-2H3,(H,16,20)(H2,17,18,21,22). The van der Waals surface area contributed by atoms with E-state index in [1.54, 1.807) is 12.1 Å². The third kappa shape index (κ3) is 4.77. The van der Waals surface area contributed by atoms with Crippen molar-refractivity contribution >= 4 is 27.9 Å². The lowest BCUT2D eigenvalue weighted by atomic mass is 10.1. The maximum Gasteiger partial charge on any atom is 0.322 e. The summed E-state index contributed by atoms with van der Waals surface area (Å²) >= 11 is 0. The highest BCUT2D eigenvalue weighted by Gasteiger charge is 2.29. The van der Waals surface area contributed by atoms with Gasteiger partial charge in [-0.2, -0.15) is 0 Å². The fourth-order valence-electron chi connectivity index (χ4n) is 2.22. The summed E-state index contributed by atoms with van der Waals surface area (Å²) in [5.41, 5.74) is 0.748. The van der Waals surface area contributed by atoms with Crippen molar-refractivity contribution in [1.29, 1.82) is 0 Å². The normalized spacial score (nSPS) is 17.3. The van der Waals surface area contributed by atoms with Crippen molar-refractivity contribution in [3.05, 3.63) is 29.8 Å². The van der Waals surface area contributed by atoms with E-state index in [0.29, 0.717) is 0 Å². The Morgan fingerprint density at radius 1 is 1.20 bits per heavy atom. The number of carbonyl (C=O) groups excluding carboxylic acids is 3. The van der Waals surface area contributed by atoms with E-state index in [0.717, 1.165) is 9.87 Å². The maximum atomic E-state index is 12.0. The Bertz CT molecular complexity index is 774. The molecule has 0 spiro atoms. The van der Waals surface area contributed by atoms with Gasteiger partial charge in [-0.15, -0.1) is 0 Å². The molecule has 1 heterocycles. The zero-order valence-corrected chi connectivity index (χ0v) is 14.7. The van der Waals surface area contributed by atoms with Gasteiger partial charge in [0.15, 0.2) is 0 Å². The quantitative estimate of drug-likeness (QED) is 0.562. The van der Waals surface area contributed by atoms with E-state index >= 15 is 0 Å².